The first-order valence-corrected chi connectivity index (χ1v) is 9.32. The van der Waals surface area contributed by atoms with Gasteiger partial charge in [-0.15, -0.1) is 11.3 Å². The van der Waals surface area contributed by atoms with E-state index in [-0.39, 0.29) is 23.5 Å². The van der Waals surface area contributed by atoms with E-state index < -0.39 is 10.0 Å². The molecule has 0 amide bonds. The third-order valence-electron chi connectivity index (χ3n) is 2.82. The summed E-state index contributed by atoms with van der Waals surface area (Å²) in [6.07, 6.45) is 0. The fourth-order valence-corrected chi connectivity index (χ4v) is 5.62. The second kappa shape index (κ2) is 7.33. The average molecular weight is 385 g/mol. The van der Waals surface area contributed by atoms with Crippen LogP contribution < -0.4 is 4.72 Å². The predicted octanol–water partition coefficient (Wildman–Crippen LogP) is 1.87. The van der Waals surface area contributed by atoms with Crippen LogP contribution >= 0.6 is 27.3 Å². The normalized spacial score (nSPS) is 14.2. The van der Waals surface area contributed by atoms with Gasteiger partial charge in [0, 0.05) is 17.5 Å². The number of likely N-dealkylation sites (N-methyl/N-ethyl adjacent to an activating group) is 1. The molecule has 1 aromatic rings. The van der Waals surface area contributed by atoms with Gasteiger partial charge in [0.25, 0.3) is 0 Å². The largest absolute Gasteiger partial charge is 0.391 e. The van der Waals surface area contributed by atoms with Crippen LogP contribution in [0.4, 0.5) is 0 Å². The van der Waals surface area contributed by atoms with Crippen LogP contribution in [-0.4, -0.2) is 45.1 Å². The van der Waals surface area contributed by atoms with Gasteiger partial charge in [0.05, 0.1) is 10.4 Å². The zero-order valence-corrected chi connectivity index (χ0v) is 15.3. The Morgan fingerprint density at radius 2 is 2.05 bits per heavy atom. The van der Waals surface area contributed by atoms with Crippen molar-refractivity contribution in [1.82, 2.24) is 9.62 Å². The van der Waals surface area contributed by atoms with Gasteiger partial charge in [-0.25, -0.2) is 13.1 Å². The number of hydrogen-bond donors (Lipinski definition) is 2. The van der Waals surface area contributed by atoms with Gasteiger partial charge in [-0.1, -0.05) is 13.8 Å². The number of aliphatic hydroxyl groups excluding tert-OH is 1. The summed E-state index contributed by atoms with van der Waals surface area (Å²) >= 11 is 4.48. The molecule has 1 heterocycles. The number of rotatable bonds is 7. The van der Waals surface area contributed by atoms with Gasteiger partial charge in [-0.05, 0) is 42.0 Å². The molecule has 1 rings (SSSR count). The molecule has 0 aromatic carbocycles. The molecular weight excluding hydrogens is 364 g/mol. The lowest BCUT2D eigenvalue weighted by Crippen LogP contribution is -2.44. The van der Waals surface area contributed by atoms with Crippen molar-refractivity contribution in [1.29, 1.82) is 0 Å². The van der Waals surface area contributed by atoms with E-state index in [2.05, 4.69) is 20.7 Å². The van der Waals surface area contributed by atoms with Crippen LogP contribution in [0, 0.1) is 5.92 Å². The fourth-order valence-electron chi connectivity index (χ4n) is 1.70. The van der Waals surface area contributed by atoms with E-state index in [0.717, 1.165) is 0 Å². The van der Waals surface area contributed by atoms with Crippen molar-refractivity contribution < 1.29 is 13.5 Å². The second-order valence-corrected chi connectivity index (χ2v) is 9.38. The molecule has 20 heavy (non-hydrogen) atoms. The topological polar surface area (TPSA) is 69.6 Å². The smallest absolute Gasteiger partial charge is 0.242 e. The maximum Gasteiger partial charge on any atom is 0.242 e. The van der Waals surface area contributed by atoms with E-state index in [1.807, 2.05) is 32.8 Å². The van der Waals surface area contributed by atoms with Crippen LogP contribution in [0.2, 0.25) is 0 Å². The van der Waals surface area contributed by atoms with E-state index in [1.165, 1.54) is 17.4 Å². The minimum Gasteiger partial charge on any atom is -0.391 e. The summed E-state index contributed by atoms with van der Waals surface area (Å²) in [6, 6.07) is 1.34. The first-order valence-electron chi connectivity index (χ1n) is 6.23. The molecule has 0 fully saturated rings. The molecule has 5 nitrogen and oxygen atoms in total. The highest BCUT2D eigenvalue weighted by molar-refractivity contribution is 9.11. The maximum atomic E-state index is 12.4. The standard InChI is InChI=1S/C12H21BrN2O3S2/c1-8(2)10(6-15(3)4)14-20(17,18)11-5-9(7-16)19-12(11)13/h5,8,10,14,16H,6-7H2,1-4H3. The molecule has 0 aliphatic heterocycles. The lowest BCUT2D eigenvalue weighted by atomic mass is 10.1. The molecule has 0 bridgehead atoms. The number of nitrogens with zero attached hydrogens (tertiary/aromatic N) is 1. The molecule has 0 aliphatic rings. The molecule has 116 valence electrons. The zero-order valence-electron chi connectivity index (χ0n) is 12.1. The molecule has 2 N–H and O–H groups in total. The molecule has 0 spiro atoms. The van der Waals surface area contributed by atoms with Gasteiger partial charge >= 0.3 is 0 Å². The number of nitrogens with one attached hydrogen (secondary N) is 1. The molecule has 1 aromatic heterocycles. The third-order valence-corrected chi connectivity index (χ3v) is 6.55. The fraction of sp³-hybridized carbons (Fsp3) is 0.667. The number of sulfonamides is 1. The summed E-state index contributed by atoms with van der Waals surface area (Å²) in [7, 11) is 0.227. The summed E-state index contributed by atoms with van der Waals surface area (Å²) in [5.74, 6) is 0.182. The second-order valence-electron chi connectivity index (χ2n) is 5.24. The molecule has 0 saturated heterocycles. The number of aliphatic hydroxyl groups is 1. The minimum absolute atomic E-state index is 0.163. The van der Waals surface area contributed by atoms with E-state index in [0.29, 0.717) is 15.2 Å². The highest BCUT2D eigenvalue weighted by Crippen LogP contribution is 2.31. The van der Waals surface area contributed by atoms with Crippen LogP contribution in [0.3, 0.4) is 0 Å². The Bertz CT molecular complexity index is 541. The van der Waals surface area contributed by atoms with Gasteiger partial charge in [0.1, 0.15) is 4.90 Å². The predicted molar refractivity (Wildman–Crippen MR) is 85.4 cm³/mol. The van der Waals surface area contributed by atoms with Crippen molar-refractivity contribution in [3.8, 4) is 0 Å². The van der Waals surface area contributed by atoms with Crippen molar-refractivity contribution >= 4 is 37.3 Å². The van der Waals surface area contributed by atoms with E-state index in [9.17, 15) is 8.42 Å². The van der Waals surface area contributed by atoms with Crippen molar-refractivity contribution in [2.45, 2.75) is 31.4 Å². The van der Waals surface area contributed by atoms with Crippen LogP contribution in [0.5, 0.6) is 0 Å². The summed E-state index contributed by atoms with van der Waals surface area (Å²) in [6.45, 7) is 4.44. The van der Waals surface area contributed by atoms with Crippen LogP contribution in [0.1, 0.15) is 18.7 Å². The van der Waals surface area contributed by atoms with Crippen molar-refractivity contribution in [2.24, 2.45) is 5.92 Å². The summed E-state index contributed by atoms with van der Waals surface area (Å²) in [4.78, 5) is 2.76. The summed E-state index contributed by atoms with van der Waals surface area (Å²) < 4.78 is 28.1. The summed E-state index contributed by atoms with van der Waals surface area (Å²) in [5, 5.41) is 9.10. The minimum atomic E-state index is -3.59. The van der Waals surface area contributed by atoms with Crippen molar-refractivity contribution in [2.75, 3.05) is 20.6 Å². The molecule has 0 aliphatic carbocycles. The summed E-state index contributed by atoms with van der Waals surface area (Å²) in [5.41, 5.74) is 0. The average Bonchev–Trinajstić information content (AvgIpc) is 2.69. The van der Waals surface area contributed by atoms with Gasteiger partial charge < -0.3 is 10.0 Å². The highest BCUT2D eigenvalue weighted by atomic mass is 79.9. The molecule has 0 saturated carbocycles. The Morgan fingerprint density at radius 3 is 2.45 bits per heavy atom. The van der Waals surface area contributed by atoms with Gasteiger partial charge in [-0.3, -0.25) is 0 Å². The maximum absolute atomic E-state index is 12.4. The van der Waals surface area contributed by atoms with Crippen molar-refractivity contribution in [3.63, 3.8) is 0 Å². The lowest BCUT2D eigenvalue weighted by Gasteiger charge is -2.25. The van der Waals surface area contributed by atoms with Crippen molar-refractivity contribution in [3.05, 3.63) is 14.7 Å². The van der Waals surface area contributed by atoms with Crippen LogP contribution in [-0.2, 0) is 16.6 Å². The Hall–Kier alpha value is 0.01000. The number of thiophene rings is 1. The Balaban J connectivity index is 3.00. The molecular formula is C12H21BrN2O3S2. The zero-order chi connectivity index (χ0) is 15.5. The SMILES string of the molecule is CC(C)C(CN(C)C)NS(=O)(=O)c1cc(CO)sc1Br. The third kappa shape index (κ3) is 4.78. The Kier molecular flexibility index (Phi) is 6.62. The van der Waals surface area contributed by atoms with E-state index in [4.69, 9.17) is 5.11 Å². The quantitative estimate of drug-likeness (QED) is 0.752. The van der Waals surface area contributed by atoms with Gasteiger partial charge in [-0.2, -0.15) is 0 Å². The number of hydrogen-bond acceptors (Lipinski definition) is 5. The molecule has 8 heteroatoms. The molecule has 1 unspecified atom stereocenters. The van der Waals surface area contributed by atoms with Gasteiger partial charge in [0.2, 0.25) is 10.0 Å². The molecule has 1 atom stereocenters. The first-order chi connectivity index (χ1) is 9.17. The monoisotopic (exact) mass is 384 g/mol. The van der Waals surface area contributed by atoms with Crippen LogP contribution in [0.15, 0.2) is 14.7 Å². The lowest BCUT2D eigenvalue weighted by molar-refractivity contribution is 0.285. The first kappa shape index (κ1) is 18.1. The van der Waals surface area contributed by atoms with Gasteiger partial charge in [0.15, 0.2) is 0 Å². The van der Waals surface area contributed by atoms with E-state index in [1.54, 1.807) is 0 Å². The highest BCUT2D eigenvalue weighted by Gasteiger charge is 2.26. The van der Waals surface area contributed by atoms with Crippen LogP contribution in [0.25, 0.3) is 0 Å². The number of halogens is 1. The Labute approximate surface area is 133 Å². The van der Waals surface area contributed by atoms with E-state index >= 15 is 0 Å². The Morgan fingerprint density at radius 1 is 1.45 bits per heavy atom. The molecule has 0 radical (unpaired) electrons.